The Morgan fingerprint density at radius 1 is 0.692 bits per heavy atom. The summed E-state index contributed by atoms with van der Waals surface area (Å²) < 4.78 is 5.95. The Balaban J connectivity index is 3.40. The van der Waals surface area contributed by atoms with Crippen LogP contribution in [0.25, 0.3) is 0 Å². The van der Waals surface area contributed by atoms with Crippen molar-refractivity contribution < 1.29 is 9.84 Å². The van der Waals surface area contributed by atoms with E-state index in [1.54, 1.807) is 0 Å². The quantitative estimate of drug-likeness (QED) is 0.199. The predicted octanol–water partition coefficient (Wildman–Crippen LogP) is 7.59. The number of unbranched alkanes of at least 4 members (excludes halogenated alkanes) is 10. The van der Waals surface area contributed by atoms with E-state index in [4.69, 9.17) is 4.74 Å². The summed E-state index contributed by atoms with van der Waals surface area (Å²) in [6, 6.07) is 0. The summed E-state index contributed by atoms with van der Waals surface area (Å²) in [6.45, 7) is 10.9. The van der Waals surface area contributed by atoms with Crippen molar-refractivity contribution in [1.29, 1.82) is 0 Å². The van der Waals surface area contributed by atoms with E-state index in [9.17, 15) is 5.11 Å². The van der Waals surface area contributed by atoms with Gasteiger partial charge in [0.25, 0.3) is 0 Å². The van der Waals surface area contributed by atoms with Gasteiger partial charge in [0.15, 0.2) is 0 Å². The Kier molecular flexibility index (Phi) is 15.5. The molecule has 0 saturated carbocycles. The Morgan fingerprint density at radius 3 is 1.73 bits per heavy atom. The van der Waals surface area contributed by atoms with E-state index in [1.807, 2.05) is 13.8 Å². The molecular formula is C24H48O2. The Labute approximate surface area is 164 Å². The third-order valence-electron chi connectivity index (χ3n) is 5.00. The minimum Gasteiger partial charge on any atom is -0.390 e. The van der Waals surface area contributed by atoms with E-state index < -0.39 is 5.60 Å². The van der Waals surface area contributed by atoms with Gasteiger partial charge >= 0.3 is 0 Å². The molecule has 1 N–H and O–H groups in total. The molecule has 0 spiro atoms. The fourth-order valence-corrected chi connectivity index (χ4v) is 3.09. The molecule has 0 amide bonds. The number of rotatable bonds is 18. The zero-order chi connectivity index (χ0) is 19.7. The smallest absolute Gasteiger partial charge is 0.0626 e. The summed E-state index contributed by atoms with van der Waals surface area (Å²) in [4.78, 5) is 0. The van der Waals surface area contributed by atoms with E-state index in [-0.39, 0.29) is 5.60 Å². The molecule has 156 valence electrons. The van der Waals surface area contributed by atoms with Gasteiger partial charge in [-0.15, -0.1) is 0 Å². The highest BCUT2D eigenvalue weighted by atomic mass is 16.5. The van der Waals surface area contributed by atoms with Crippen molar-refractivity contribution in [1.82, 2.24) is 0 Å². The zero-order valence-electron chi connectivity index (χ0n) is 18.6. The summed E-state index contributed by atoms with van der Waals surface area (Å²) >= 11 is 0. The molecule has 0 radical (unpaired) electrons. The standard InChI is InChI=1S/C24H48O2/c1-6-7-8-9-10-11-12-13-14-15-16-17-18-19-20-24(4,5)26-22-21-23(2,3)25/h11-12,25H,6-10,13-22H2,1-5H3/b12-11+. The highest BCUT2D eigenvalue weighted by molar-refractivity contribution is 4.81. The van der Waals surface area contributed by atoms with Crippen LogP contribution in [-0.2, 0) is 4.74 Å². The van der Waals surface area contributed by atoms with E-state index in [2.05, 4.69) is 32.9 Å². The lowest BCUT2D eigenvalue weighted by atomic mass is 9.98. The average molecular weight is 369 g/mol. The molecule has 2 heteroatoms. The van der Waals surface area contributed by atoms with E-state index in [0.29, 0.717) is 13.0 Å². The third-order valence-corrected chi connectivity index (χ3v) is 5.00. The first-order valence-corrected chi connectivity index (χ1v) is 11.3. The molecule has 0 aliphatic carbocycles. The molecule has 0 bridgehead atoms. The van der Waals surface area contributed by atoms with Gasteiger partial charge in [-0.1, -0.05) is 70.4 Å². The van der Waals surface area contributed by atoms with Crippen molar-refractivity contribution in [2.45, 2.75) is 136 Å². The lowest BCUT2D eigenvalue weighted by molar-refractivity contribution is -0.0509. The van der Waals surface area contributed by atoms with Crippen molar-refractivity contribution in [3.63, 3.8) is 0 Å². The first-order chi connectivity index (χ1) is 12.3. The number of aliphatic hydroxyl groups is 1. The van der Waals surface area contributed by atoms with Gasteiger partial charge in [-0.3, -0.25) is 0 Å². The highest BCUT2D eigenvalue weighted by Gasteiger charge is 2.20. The predicted molar refractivity (Wildman–Crippen MR) is 116 cm³/mol. The molecule has 0 heterocycles. The van der Waals surface area contributed by atoms with Crippen molar-refractivity contribution in [3.8, 4) is 0 Å². The van der Waals surface area contributed by atoms with Crippen molar-refractivity contribution >= 4 is 0 Å². The average Bonchev–Trinajstić information content (AvgIpc) is 2.53. The fraction of sp³-hybridized carbons (Fsp3) is 0.917. The van der Waals surface area contributed by atoms with Gasteiger partial charge in [0.05, 0.1) is 17.8 Å². The molecule has 26 heavy (non-hydrogen) atoms. The molecule has 0 fully saturated rings. The lowest BCUT2D eigenvalue weighted by Crippen LogP contribution is -2.28. The van der Waals surface area contributed by atoms with Crippen LogP contribution in [0.1, 0.15) is 125 Å². The molecular weight excluding hydrogens is 320 g/mol. The summed E-state index contributed by atoms with van der Waals surface area (Å²) in [5, 5.41) is 9.74. The van der Waals surface area contributed by atoms with Gasteiger partial charge in [-0.05, 0) is 66.2 Å². The molecule has 0 aromatic heterocycles. The van der Waals surface area contributed by atoms with E-state index >= 15 is 0 Å². The topological polar surface area (TPSA) is 29.5 Å². The van der Waals surface area contributed by atoms with Crippen molar-refractivity contribution in [2.24, 2.45) is 0 Å². The minimum atomic E-state index is -0.625. The summed E-state index contributed by atoms with van der Waals surface area (Å²) in [6.07, 6.45) is 22.6. The molecule has 0 aliphatic rings. The van der Waals surface area contributed by atoms with Gasteiger partial charge in [0, 0.05) is 0 Å². The summed E-state index contributed by atoms with van der Waals surface area (Å²) in [5.41, 5.74) is -0.687. The molecule has 0 unspecified atom stereocenters. The van der Waals surface area contributed by atoms with Gasteiger partial charge in [-0.25, -0.2) is 0 Å². The van der Waals surface area contributed by atoms with Crippen molar-refractivity contribution in [2.75, 3.05) is 6.61 Å². The fourth-order valence-electron chi connectivity index (χ4n) is 3.09. The van der Waals surface area contributed by atoms with Gasteiger partial charge < -0.3 is 9.84 Å². The first kappa shape index (κ1) is 25.7. The second-order valence-electron chi connectivity index (χ2n) is 9.15. The number of ether oxygens (including phenoxy) is 1. The SMILES string of the molecule is CCCCCC/C=C/CCCCCCCCC(C)(C)OCCC(C)(C)O. The second-order valence-corrected chi connectivity index (χ2v) is 9.15. The Hall–Kier alpha value is -0.340. The molecule has 2 nitrogen and oxygen atoms in total. The number of hydrogen-bond acceptors (Lipinski definition) is 2. The maximum Gasteiger partial charge on any atom is 0.0626 e. The molecule has 0 aromatic rings. The lowest BCUT2D eigenvalue weighted by Gasteiger charge is -2.27. The van der Waals surface area contributed by atoms with Crippen LogP contribution in [0.5, 0.6) is 0 Å². The van der Waals surface area contributed by atoms with Crippen LogP contribution in [0.2, 0.25) is 0 Å². The van der Waals surface area contributed by atoms with E-state index in [1.165, 1.54) is 77.0 Å². The van der Waals surface area contributed by atoms with Crippen LogP contribution in [0.3, 0.4) is 0 Å². The van der Waals surface area contributed by atoms with Gasteiger partial charge in [-0.2, -0.15) is 0 Å². The van der Waals surface area contributed by atoms with Gasteiger partial charge in [0.1, 0.15) is 0 Å². The largest absolute Gasteiger partial charge is 0.390 e. The molecule has 0 aliphatic heterocycles. The second kappa shape index (κ2) is 15.7. The Morgan fingerprint density at radius 2 is 1.19 bits per heavy atom. The molecule has 0 atom stereocenters. The van der Waals surface area contributed by atoms with Gasteiger partial charge in [0.2, 0.25) is 0 Å². The molecule has 0 saturated heterocycles. The number of allylic oxidation sites excluding steroid dienone is 2. The van der Waals surface area contributed by atoms with Crippen LogP contribution in [0.4, 0.5) is 0 Å². The first-order valence-electron chi connectivity index (χ1n) is 11.3. The zero-order valence-corrected chi connectivity index (χ0v) is 18.6. The van der Waals surface area contributed by atoms with Crippen molar-refractivity contribution in [3.05, 3.63) is 12.2 Å². The highest BCUT2D eigenvalue weighted by Crippen LogP contribution is 2.21. The normalized spacial score (nSPS) is 13.0. The summed E-state index contributed by atoms with van der Waals surface area (Å²) in [7, 11) is 0. The molecule has 0 rings (SSSR count). The van der Waals surface area contributed by atoms with Crippen LogP contribution >= 0.6 is 0 Å². The monoisotopic (exact) mass is 368 g/mol. The maximum atomic E-state index is 9.74. The van der Waals surface area contributed by atoms with Crippen LogP contribution < -0.4 is 0 Å². The van der Waals surface area contributed by atoms with Crippen LogP contribution in [-0.4, -0.2) is 22.9 Å². The molecule has 0 aromatic carbocycles. The minimum absolute atomic E-state index is 0.0623. The number of hydrogen-bond donors (Lipinski definition) is 1. The van der Waals surface area contributed by atoms with Crippen LogP contribution in [0, 0.1) is 0 Å². The van der Waals surface area contributed by atoms with Crippen LogP contribution in [0.15, 0.2) is 12.2 Å². The maximum absolute atomic E-state index is 9.74. The summed E-state index contributed by atoms with van der Waals surface area (Å²) in [5.74, 6) is 0. The Bertz CT molecular complexity index is 326. The van der Waals surface area contributed by atoms with E-state index in [0.717, 1.165) is 6.42 Å². The third kappa shape index (κ3) is 20.0.